The zero-order valence-electron chi connectivity index (χ0n) is 19.2. The number of aromatic nitrogens is 2. The van der Waals surface area contributed by atoms with Crippen LogP contribution in [0.2, 0.25) is 0 Å². The highest BCUT2D eigenvalue weighted by molar-refractivity contribution is 5.77. The molecule has 0 saturated carbocycles. The van der Waals surface area contributed by atoms with Crippen LogP contribution in [0.1, 0.15) is 47.7 Å². The summed E-state index contributed by atoms with van der Waals surface area (Å²) >= 11 is 0. The highest BCUT2D eigenvalue weighted by atomic mass is 16.1. The fourth-order valence-electron chi connectivity index (χ4n) is 4.92. The van der Waals surface area contributed by atoms with E-state index in [4.69, 9.17) is 0 Å². The number of hydrogen-bond acceptors (Lipinski definition) is 3. The predicted molar refractivity (Wildman–Crippen MR) is 135 cm³/mol. The highest BCUT2D eigenvalue weighted by Gasteiger charge is 2.21. The van der Waals surface area contributed by atoms with E-state index in [2.05, 4.69) is 40.6 Å². The Hall–Kier alpha value is -3.73. The van der Waals surface area contributed by atoms with Gasteiger partial charge in [-0.15, -0.1) is 0 Å². The monoisotopic (exact) mass is 451 g/mol. The van der Waals surface area contributed by atoms with Crippen molar-refractivity contribution in [3.63, 3.8) is 0 Å². The third-order valence-electron chi connectivity index (χ3n) is 6.68. The van der Waals surface area contributed by atoms with Crippen LogP contribution in [0.25, 0.3) is 11.0 Å². The van der Waals surface area contributed by atoms with Gasteiger partial charge in [0.05, 0.1) is 17.1 Å². The molecule has 1 aliphatic rings. The number of amides is 1. The maximum Gasteiger partial charge on any atom is 0.272 e. The first kappa shape index (κ1) is 22.1. The summed E-state index contributed by atoms with van der Waals surface area (Å²) in [6.07, 6.45) is 4.42. The molecule has 0 saturated heterocycles. The summed E-state index contributed by atoms with van der Waals surface area (Å²) in [6, 6.07) is 26.3. The van der Waals surface area contributed by atoms with Gasteiger partial charge in [-0.1, -0.05) is 66.7 Å². The van der Waals surface area contributed by atoms with Gasteiger partial charge < -0.3 is 9.88 Å². The molecule has 0 unspecified atom stereocenters. The van der Waals surface area contributed by atoms with Crippen LogP contribution in [-0.4, -0.2) is 15.5 Å². The summed E-state index contributed by atoms with van der Waals surface area (Å²) in [7, 11) is 0. The molecule has 0 spiro atoms. The Labute approximate surface area is 199 Å². The van der Waals surface area contributed by atoms with E-state index < -0.39 is 0 Å². The predicted octanol–water partition coefficient (Wildman–Crippen LogP) is 4.77. The van der Waals surface area contributed by atoms with Crippen LogP contribution in [0.4, 0.5) is 0 Å². The SMILES string of the molecule is O=C(CCc1nc2ccccc2n(CCc2ccccc2)c1=O)N[C@H]1CCCc2ccccc21. The molecule has 0 aliphatic heterocycles. The van der Waals surface area contributed by atoms with E-state index in [1.54, 1.807) is 4.57 Å². The lowest BCUT2D eigenvalue weighted by Crippen LogP contribution is -2.32. The summed E-state index contributed by atoms with van der Waals surface area (Å²) < 4.78 is 1.81. The smallest absolute Gasteiger partial charge is 0.272 e. The van der Waals surface area contributed by atoms with E-state index in [0.29, 0.717) is 18.7 Å². The summed E-state index contributed by atoms with van der Waals surface area (Å²) in [5.41, 5.74) is 5.67. The van der Waals surface area contributed by atoms with Gasteiger partial charge in [0.15, 0.2) is 0 Å². The molecule has 1 heterocycles. The molecule has 1 amide bonds. The number of nitrogens with zero attached hydrogens (tertiary/aromatic N) is 2. The van der Waals surface area contributed by atoms with Crippen LogP contribution in [0.5, 0.6) is 0 Å². The van der Waals surface area contributed by atoms with Gasteiger partial charge in [0.25, 0.3) is 5.56 Å². The molecule has 0 radical (unpaired) electrons. The summed E-state index contributed by atoms with van der Waals surface area (Å²) in [5.74, 6) is -0.0353. The number of aryl methyl sites for hydroxylation is 4. The van der Waals surface area contributed by atoms with Crippen molar-refractivity contribution in [2.24, 2.45) is 0 Å². The largest absolute Gasteiger partial charge is 0.349 e. The molecule has 5 rings (SSSR count). The molecule has 1 atom stereocenters. The van der Waals surface area contributed by atoms with E-state index in [1.807, 2.05) is 48.5 Å². The first-order chi connectivity index (χ1) is 16.7. The van der Waals surface area contributed by atoms with Gasteiger partial charge in [-0.25, -0.2) is 4.98 Å². The van der Waals surface area contributed by atoms with Gasteiger partial charge in [0, 0.05) is 19.4 Å². The van der Waals surface area contributed by atoms with Gasteiger partial charge in [0.1, 0.15) is 5.69 Å². The van der Waals surface area contributed by atoms with E-state index in [1.165, 1.54) is 16.7 Å². The number of benzene rings is 3. The van der Waals surface area contributed by atoms with Crippen molar-refractivity contribution in [1.29, 1.82) is 0 Å². The Kier molecular flexibility index (Phi) is 6.52. The van der Waals surface area contributed by atoms with Gasteiger partial charge in [0.2, 0.25) is 5.91 Å². The number of hydrogen-bond donors (Lipinski definition) is 1. The van der Waals surface area contributed by atoms with Crippen molar-refractivity contribution in [3.8, 4) is 0 Å². The minimum absolute atomic E-state index is 0.0353. The summed E-state index contributed by atoms with van der Waals surface area (Å²) in [5, 5.41) is 3.19. The van der Waals surface area contributed by atoms with Crippen LogP contribution in [0, 0.1) is 0 Å². The molecule has 0 fully saturated rings. The zero-order valence-corrected chi connectivity index (χ0v) is 19.2. The van der Waals surface area contributed by atoms with Crippen LogP contribution < -0.4 is 10.9 Å². The number of fused-ring (bicyclic) bond motifs is 2. The Morgan fingerprint density at radius 2 is 1.71 bits per heavy atom. The molecule has 1 N–H and O–H groups in total. The maximum absolute atomic E-state index is 13.3. The quantitative estimate of drug-likeness (QED) is 0.440. The summed E-state index contributed by atoms with van der Waals surface area (Å²) in [4.78, 5) is 30.8. The van der Waals surface area contributed by atoms with Crippen LogP contribution in [0.15, 0.2) is 83.7 Å². The van der Waals surface area contributed by atoms with Gasteiger partial charge in [-0.05, 0) is 54.5 Å². The average molecular weight is 452 g/mol. The summed E-state index contributed by atoms with van der Waals surface area (Å²) in [6.45, 7) is 0.573. The maximum atomic E-state index is 13.3. The van der Waals surface area contributed by atoms with Crippen LogP contribution in [0.3, 0.4) is 0 Å². The Morgan fingerprint density at radius 3 is 2.59 bits per heavy atom. The van der Waals surface area contributed by atoms with Crippen molar-refractivity contribution < 1.29 is 4.79 Å². The fourth-order valence-corrected chi connectivity index (χ4v) is 4.92. The number of carbonyl (C=O) groups excluding carboxylic acids is 1. The van der Waals surface area contributed by atoms with E-state index >= 15 is 0 Å². The van der Waals surface area contributed by atoms with Crippen molar-refractivity contribution in [3.05, 3.63) is 112 Å². The van der Waals surface area contributed by atoms with Crippen molar-refractivity contribution >= 4 is 16.9 Å². The van der Waals surface area contributed by atoms with Gasteiger partial charge >= 0.3 is 0 Å². The molecular weight excluding hydrogens is 422 g/mol. The second-order valence-electron chi connectivity index (χ2n) is 8.95. The van der Waals surface area contributed by atoms with E-state index in [0.717, 1.165) is 36.7 Å². The fraction of sp³-hybridized carbons (Fsp3) is 0.276. The minimum Gasteiger partial charge on any atom is -0.349 e. The number of carbonyl (C=O) groups is 1. The average Bonchev–Trinajstić information content (AvgIpc) is 2.88. The normalized spacial score (nSPS) is 15.1. The third kappa shape index (κ3) is 4.79. The molecule has 1 aliphatic carbocycles. The third-order valence-corrected chi connectivity index (χ3v) is 6.68. The van der Waals surface area contributed by atoms with E-state index in [9.17, 15) is 9.59 Å². The number of nitrogens with one attached hydrogen (secondary N) is 1. The van der Waals surface area contributed by atoms with Crippen molar-refractivity contribution in [2.75, 3.05) is 0 Å². The topological polar surface area (TPSA) is 64.0 Å². The molecule has 5 nitrogen and oxygen atoms in total. The van der Waals surface area contributed by atoms with Crippen molar-refractivity contribution in [2.45, 2.75) is 51.1 Å². The lowest BCUT2D eigenvalue weighted by atomic mass is 9.87. The number of para-hydroxylation sites is 2. The lowest BCUT2D eigenvalue weighted by Gasteiger charge is -2.26. The lowest BCUT2D eigenvalue weighted by molar-refractivity contribution is -0.121. The first-order valence-corrected chi connectivity index (χ1v) is 12.1. The second-order valence-corrected chi connectivity index (χ2v) is 8.95. The van der Waals surface area contributed by atoms with E-state index in [-0.39, 0.29) is 23.9 Å². The van der Waals surface area contributed by atoms with Crippen molar-refractivity contribution in [1.82, 2.24) is 14.9 Å². The highest BCUT2D eigenvalue weighted by Crippen LogP contribution is 2.29. The molecule has 34 heavy (non-hydrogen) atoms. The molecule has 5 heteroatoms. The number of rotatable bonds is 7. The molecular formula is C29H29N3O2. The molecule has 4 aromatic rings. The molecule has 0 bridgehead atoms. The van der Waals surface area contributed by atoms with Crippen LogP contribution >= 0.6 is 0 Å². The molecule has 3 aromatic carbocycles. The molecule has 1 aromatic heterocycles. The first-order valence-electron chi connectivity index (χ1n) is 12.1. The standard InChI is InChI=1S/C29H29N3O2/c33-28(31-24-15-8-12-22-11-4-5-13-23(22)24)18-17-26-29(34)32(20-19-21-9-2-1-3-10-21)27-16-7-6-14-25(27)30-26/h1-7,9-11,13-14,16,24H,8,12,15,17-20H2,(H,31,33)/t24-/m0/s1. The Bertz CT molecular complexity index is 1360. The Morgan fingerprint density at radius 1 is 0.941 bits per heavy atom. The van der Waals surface area contributed by atoms with Gasteiger partial charge in [-0.2, -0.15) is 0 Å². The second kappa shape index (κ2) is 10.0. The van der Waals surface area contributed by atoms with Gasteiger partial charge in [-0.3, -0.25) is 9.59 Å². The Balaban J connectivity index is 1.32. The van der Waals surface area contributed by atoms with Crippen LogP contribution in [-0.2, 0) is 30.6 Å². The minimum atomic E-state index is -0.106. The molecule has 172 valence electrons. The zero-order chi connectivity index (χ0) is 23.3.